The Morgan fingerprint density at radius 3 is 2.10 bits per heavy atom. The minimum absolute atomic E-state index is 0.0514. The molecule has 4 rings (SSSR count). The molecule has 0 N–H and O–H groups in total. The number of hydrogen-bond donors (Lipinski definition) is 0. The summed E-state index contributed by atoms with van der Waals surface area (Å²) in [6.07, 6.45) is 1.98. The van der Waals surface area contributed by atoms with Gasteiger partial charge in [-0.25, -0.2) is 0 Å². The van der Waals surface area contributed by atoms with Gasteiger partial charge in [0, 0.05) is 11.6 Å². The van der Waals surface area contributed by atoms with E-state index in [0.717, 1.165) is 24.1 Å². The van der Waals surface area contributed by atoms with Crippen molar-refractivity contribution in [3.05, 3.63) is 102 Å². The Labute approximate surface area is 175 Å². The van der Waals surface area contributed by atoms with Crippen molar-refractivity contribution in [1.82, 2.24) is 0 Å². The fourth-order valence-corrected chi connectivity index (χ4v) is 4.17. The number of carbonyl (C=O) groups excluding carboxylic acids is 1. The molecular formula is C27H31NO. The third kappa shape index (κ3) is 4.76. The number of carbonyl (C=O) groups is 1. The van der Waals surface area contributed by atoms with Gasteiger partial charge in [-0.3, -0.25) is 4.79 Å². The Morgan fingerprint density at radius 2 is 1.41 bits per heavy atom. The van der Waals surface area contributed by atoms with Crippen LogP contribution in [0.3, 0.4) is 0 Å². The first-order valence-corrected chi connectivity index (χ1v) is 10.7. The molecule has 29 heavy (non-hydrogen) atoms. The molecule has 2 unspecified atom stereocenters. The van der Waals surface area contributed by atoms with Gasteiger partial charge in [0.15, 0.2) is 0 Å². The monoisotopic (exact) mass is 385 g/mol. The van der Waals surface area contributed by atoms with E-state index in [1.54, 1.807) is 0 Å². The minimum Gasteiger partial charge on any atom is -0.307 e. The lowest BCUT2D eigenvalue weighted by Gasteiger charge is -2.34. The number of para-hydroxylation sites is 1. The van der Waals surface area contributed by atoms with Gasteiger partial charge in [-0.2, -0.15) is 0 Å². The highest BCUT2D eigenvalue weighted by atomic mass is 16.2. The fourth-order valence-electron chi connectivity index (χ4n) is 4.17. The average molecular weight is 386 g/mol. The summed E-state index contributed by atoms with van der Waals surface area (Å²) in [5.41, 5.74) is 4.74. The van der Waals surface area contributed by atoms with Crippen molar-refractivity contribution in [2.45, 2.75) is 46.1 Å². The maximum Gasteiger partial charge on any atom is 0.230 e. The Bertz CT molecular complexity index is 904. The molecule has 0 radical (unpaired) electrons. The third-order valence-corrected chi connectivity index (χ3v) is 5.68. The van der Waals surface area contributed by atoms with Crippen LogP contribution >= 0.6 is 0 Å². The fraction of sp³-hybridized carbons (Fsp3) is 0.296. The highest BCUT2D eigenvalue weighted by Gasteiger charge is 2.32. The molecular weight excluding hydrogens is 354 g/mol. The summed E-state index contributed by atoms with van der Waals surface area (Å²) < 4.78 is 0. The van der Waals surface area contributed by atoms with E-state index in [0.29, 0.717) is 6.54 Å². The van der Waals surface area contributed by atoms with E-state index < -0.39 is 0 Å². The summed E-state index contributed by atoms with van der Waals surface area (Å²) in [6.45, 7) is 6.70. The maximum absolute atomic E-state index is 13.6. The summed E-state index contributed by atoms with van der Waals surface area (Å²) in [5, 5.41) is 0. The summed E-state index contributed by atoms with van der Waals surface area (Å²) in [4.78, 5) is 15.6. The van der Waals surface area contributed by atoms with Gasteiger partial charge < -0.3 is 4.90 Å². The van der Waals surface area contributed by atoms with Crippen LogP contribution in [-0.2, 0) is 17.8 Å². The van der Waals surface area contributed by atoms with Crippen LogP contribution in [0.25, 0.3) is 0 Å². The molecule has 1 heterocycles. The maximum atomic E-state index is 13.6. The molecule has 0 fully saturated rings. The van der Waals surface area contributed by atoms with Gasteiger partial charge in [-0.15, -0.1) is 0 Å². The van der Waals surface area contributed by atoms with Crippen LogP contribution < -0.4 is 4.90 Å². The number of nitrogens with zero attached hydrogens (tertiary/aromatic N) is 1. The molecule has 0 aromatic heterocycles. The molecule has 1 aliphatic heterocycles. The van der Waals surface area contributed by atoms with Crippen LogP contribution in [0.4, 0.5) is 5.69 Å². The molecule has 0 saturated carbocycles. The second-order valence-electron chi connectivity index (χ2n) is 7.38. The molecule has 0 aliphatic carbocycles. The number of hydrogen-bond acceptors (Lipinski definition) is 1. The van der Waals surface area contributed by atoms with E-state index in [1.807, 2.05) is 49.1 Å². The molecule has 3 aromatic rings. The van der Waals surface area contributed by atoms with Gasteiger partial charge in [0.25, 0.3) is 0 Å². The number of amides is 1. The second-order valence-corrected chi connectivity index (χ2v) is 7.38. The molecule has 3 aromatic carbocycles. The van der Waals surface area contributed by atoms with Crippen molar-refractivity contribution in [1.29, 1.82) is 0 Å². The summed E-state index contributed by atoms with van der Waals surface area (Å²) in [7, 11) is 0. The van der Waals surface area contributed by atoms with E-state index in [-0.39, 0.29) is 17.7 Å². The number of benzene rings is 3. The van der Waals surface area contributed by atoms with Gasteiger partial charge in [0.2, 0.25) is 5.91 Å². The zero-order chi connectivity index (χ0) is 20.6. The quantitative estimate of drug-likeness (QED) is 0.496. The first kappa shape index (κ1) is 20.9. The molecule has 2 atom stereocenters. The Balaban J connectivity index is 0.00000117. The van der Waals surface area contributed by atoms with Gasteiger partial charge >= 0.3 is 0 Å². The van der Waals surface area contributed by atoms with E-state index in [2.05, 4.69) is 61.5 Å². The Hall–Kier alpha value is -2.87. The largest absolute Gasteiger partial charge is 0.307 e. The molecule has 150 valence electrons. The van der Waals surface area contributed by atoms with Crippen LogP contribution in [-0.4, -0.2) is 5.91 Å². The van der Waals surface area contributed by atoms with Crippen molar-refractivity contribution in [2.24, 2.45) is 5.92 Å². The standard InChI is InChI=1S/C25H25NO.C2H6/c1-19-23(21-12-6-3-7-13-21)17-16-22-14-8-9-15-24(22)26(25(19)27)18-20-10-4-2-5-11-20;1-2/h2-15,19,23H,16-18H2,1H3;1-2H3. The van der Waals surface area contributed by atoms with Gasteiger partial charge in [-0.1, -0.05) is 99.6 Å². The summed E-state index contributed by atoms with van der Waals surface area (Å²) in [5.74, 6) is 0.398. The predicted molar refractivity (Wildman–Crippen MR) is 122 cm³/mol. The van der Waals surface area contributed by atoms with E-state index in [9.17, 15) is 4.79 Å². The third-order valence-electron chi connectivity index (χ3n) is 5.68. The van der Waals surface area contributed by atoms with E-state index in [4.69, 9.17) is 0 Å². The molecule has 0 bridgehead atoms. The van der Waals surface area contributed by atoms with Crippen LogP contribution in [0.2, 0.25) is 0 Å². The lowest BCUT2D eigenvalue weighted by Crippen LogP contribution is -2.39. The van der Waals surface area contributed by atoms with Gasteiger partial charge in [0.05, 0.1) is 6.54 Å². The summed E-state index contributed by atoms with van der Waals surface area (Å²) in [6, 6.07) is 29.1. The van der Waals surface area contributed by atoms with Crippen molar-refractivity contribution in [3.63, 3.8) is 0 Å². The topological polar surface area (TPSA) is 20.3 Å². The average Bonchev–Trinajstić information content (AvgIpc) is 2.79. The number of anilines is 1. The number of rotatable bonds is 3. The van der Waals surface area contributed by atoms with Crippen LogP contribution in [0.15, 0.2) is 84.9 Å². The Kier molecular flexibility index (Phi) is 7.24. The molecule has 0 spiro atoms. The van der Waals surface area contributed by atoms with Crippen LogP contribution in [0.1, 0.15) is 49.8 Å². The SMILES string of the molecule is CC.CC1C(=O)N(Cc2ccccc2)c2ccccc2CCC1c1ccccc1. The van der Waals surface area contributed by atoms with Crippen molar-refractivity contribution < 1.29 is 4.79 Å². The predicted octanol–water partition coefficient (Wildman–Crippen LogP) is 6.61. The smallest absolute Gasteiger partial charge is 0.230 e. The molecule has 1 amide bonds. The molecule has 2 heteroatoms. The van der Waals surface area contributed by atoms with Gasteiger partial charge in [0.1, 0.15) is 0 Å². The molecule has 1 aliphatic rings. The molecule has 0 saturated heterocycles. The normalized spacial score (nSPS) is 18.7. The zero-order valence-corrected chi connectivity index (χ0v) is 17.7. The first-order valence-electron chi connectivity index (χ1n) is 10.7. The van der Waals surface area contributed by atoms with Crippen molar-refractivity contribution >= 4 is 11.6 Å². The lowest BCUT2D eigenvalue weighted by atomic mass is 9.80. The van der Waals surface area contributed by atoms with Crippen LogP contribution in [0.5, 0.6) is 0 Å². The van der Waals surface area contributed by atoms with Crippen LogP contribution in [0, 0.1) is 5.92 Å². The van der Waals surface area contributed by atoms with E-state index >= 15 is 0 Å². The van der Waals surface area contributed by atoms with E-state index in [1.165, 1.54) is 11.1 Å². The van der Waals surface area contributed by atoms with Gasteiger partial charge in [-0.05, 0) is 41.5 Å². The Morgan fingerprint density at radius 1 is 0.828 bits per heavy atom. The second kappa shape index (κ2) is 10.1. The van der Waals surface area contributed by atoms with Crippen molar-refractivity contribution in [2.75, 3.05) is 4.90 Å². The first-order chi connectivity index (χ1) is 14.2. The highest BCUT2D eigenvalue weighted by molar-refractivity contribution is 5.96. The highest BCUT2D eigenvalue weighted by Crippen LogP contribution is 2.37. The number of aryl methyl sites for hydroxylation is 1. The number of fused-ring (bicyclic) bond motifs is 1. The summed E-state index contributed by atoms with van der Waals surface area (Å²) >= 11 is 0. The molecule has 2 nitrogen and oxygen atoms in total. The lowest BCUT2D eigenvalue weighted by molar-refractivity contribution is -0.122. The van der Waals surface area contributed by atoms with Crippen molar-refractivity contribution in [3.8, 4) is 0 Å². The zero-order valence-electron chi connectivity index (χ0n) is 17.7. The minimum atomic E-state index is -0.0514.